The molecule has 3 N–H and O–H groups in total. The number of rotatable bonds is 8. The first kappa shape index (κ1) is 21.2. The SMILES string of the molecule is CNc1ccc(C(=O)NCCN2CCN(c3ccc(Cl)cc3)CC2)cc1OCO. The van der Waals surface area contributed by atoms with Crippen LogP contribution in [0.15, 0.2) is 42.5 Å². The van der Waals surface area contributed by atoms with E-state index < -0.39 is 6.79 Å². The first-order chi connectivity index (χ1) is 14.1. The van der Waals surface area contributed by atoms with Gasteiger partial charge in [-0.15, -0.1) is 0 Å². The molecule has 0 aliphatic carbocycles. The highest BCUT2D eigenvalue weighted by Gasteiger charge is 2.17. The van der Waals surface area contributed by atoms with Crippen molar-refractivity contribution in [3.63, 3.8) is 0 Å². The van der Waals surface area contributed by atoms with Gasteiger partial charge < -0.3 is 25.4 Å². The van der Waals surface area contributed by atoms with E-state index in [1.807, 2.05) is 24.3 Å². The summed E-state index contributed by atoms with van der Waals surface area (Å²) in [5.41, 5.74) is 2.41. The number of aliphatic hydroxyl groups excluding tert-OH is 1. The quantitative estimate of drug-likeness (QED) is 0.571. The molecule has 2 aromatic rings. The Morgan fingerprint density at radius 3 is 2.52 bits per heavy atom. The number of carbonyl (C=O) groups is 1. The van der Waals surface area contributed by atoms with E-state index in [-0.39, 0.29) is 5.91 Å². The average molecular weight is 419 g/mol. The molecule has 1 fully saturated rings. The van der Waals surface area contributed by atoms with Crippen molar-refractivity contribution in [3.05, 3.63) is 53.1 Å². The van der Waals surface area contributed by atoms with Crippen LogP contribution in [0.1, 0.15) is 10.4 Å². The number of benzene rings is 2. The van der Waals surface area contributed by atoms with Gasteiger partial charge in [0.1, 0.15) is 5.75 Å². The Labute approximate surface area is 176 Å². The predicted octanol–water partition coefficient (Wildman–Crippen LogP) is 2.26. The summed E-state index contributed by atoms with van der Waals surface area (Å²) in [6, 6.07) is 13.0. The molecule has 3 rings (SSSR count). The Bertz CT molecular complexity index is 808. The molecular formula is C21H27ClN4O3. The lowest BCUT2D eigenvalue weighted by Gasteiger charge is -2.36. The van der Waals surface area contributed by atoms with E-state index in [2.05, 4.69) is 20.4 Å². The van der Waals surface area contributed by atoms with Crippen LogP contribution >= 0.6 is 11.6 Å². The fourth-order valence-corrected chi connectivity index (χ4v) is 3.50. The van der Waals surface area contributed by atoms with Crippen molar-refractivity contribution in [3.8, 4) is 5.75 Å². The molecule has 7 nitrogen and oxygen atoms in total. The third kappa shape index (κ3) is 5.76. The van der Waals surface area contributed by atoms with Crippen LogP contribution in [0.25, 0.3) is 0 Å². The van der Waals surface area contributed by atoms with Crippen molar-refractivity contribution in [1.82, 2.24) is 10.2 Å². The average Bonchev–Trinajstić information content (AvgIpc) is 2.75. The van der Waals surface area contributed by atoms with Crippen LogP contribution in [-0.4, -0.2) is 69.0 Å². The Balaban J connectivity index is 1.44. The topological polar surface area (TPSA) is 77.1 Å². The summed E-state index contributed by atoms with van der Waals surface area (Å²) in [5, 5.41) is 15.7. The number of carbonyl (C=O) groups excluding carboxylic acids is 1. The minimum atomic E-state index is -0.443. The lowest BCUT2D eigenvalue weighted by molar-refractivity contribution is 0.0934. The first-order valence-electron chi connectivity index (χ1n) is 9.67. The van der Waals surface area contributed by atoms with Crippen LogP contribution in [0.4, 0.5) is 11.4 Å². The van der Waals surface area contributed by atoms with Gasteiger partial charge in [0.05, 0.1) is 5.69 Å². The molecule has 156 valence electrons. The molecule has 0 atom stereocenters. The second-order valence-corrected chi connectivity index (χ2v) is 7.23. The highest BCUT2D eigenvalue weighted by Crippen LogP contribution is 2.25. The summed E-state index contributed by atoms with van der Waals surface area (Å²) in [4.78, 5) is 17.1. The Hall–Kier alpha value is -2.48. The molecule has 2 aromatic carbocycles. The predicted molar refractivity (Wildman–Crippen MR) is 116 cm³/mol. The number of halogens is 1. The lowest BCUT2D eigenvalue weighted by Crippen LogP contribution is -2.48. The first-order valence-corrected chi connectivity index (χ1v) is 10.0. The molecule has 8 heteroatoms. The van der Waals surface area contributed by atoms with Gasteiger partial charge in [0.2, 0.25) is 0 Å². The molecule has 1 saturated heterocycles. The van der Waals surface area contributed by atoms with Crippen LogP contribution in [-0.2, 0) is 0 Å². The fraction of sp³-hybridized carbons (Fsp3) is 0.381. The Morgan fingerprint density at radius 1 is 1.14 bits per heavy atom. The summed E-state index contributed by atoms with van der Waals surface area (Å²) in [7, 11) is 1.76. The Kier molecular flexibility index (Phi) is 7.57. The summed E-state index contributed by atoms with van der Waals surface area (Å²) < 4.78 is 5.16. The van der Waals surface area contributed by atoms with E-state index in [4.69, 9.17) is 21.4 Å². The molecule has 0 spiro atoms. The van der Waals surface area contributed by atoms with Crippen molar-refractivity contribution in [2.24, 2.45) is 0 Å². The highest BCUT2D eigenvalue weighted by atomic mass is 35.5. The lowest BCUT2D eigenvalue weighted by atomic mass is 10.1. The minimum Gasteiger partial charge on any atom is -0.466 e. The number of nitrogens with one attached hydrogen (secondary N) is 2. The number of aliphatic hydroxyl groups is 1. The molecule has 1 aliphatic heterocycles. The van der Waals surface area contributed by atoms with Crippen molar-refractivity contribution in [1.29, 1.82) is 0 Å². The number of hydrogen-bond acceptors (Lipinski definition) is 6. The largest absolute Gasteiger partial charge is 0.466 e. The summed E-state index contributed by atoms with van der Waals surface area (Å²) in [6.45, 7) is 4.72. The minimum absolute atomic E-state index is 0.157. The van der Waals surface area contributed by atoms with Crippen molar-refractivity contribution in [2.75, 3.05) is 63.3 Å². The van der Waals surface area contributed by atoms with Gasteiger partial charge in [-0.05, 0) is 42.5 Å². The summed E-state index contributed by atoms with van der Waals surface area (Å²) in [6.07, 6.45) is 0. The molecule has 0 bridgehead atoms. The van der Waals surface area contributed by atoms with Gasteiger partial charge in [-0.25, -0.2) is 0 Å². The maximum atomic E-state index is 12.4. The summed E-state index contributed by atoms with van der Waals surface area (Å²) >= 11 is 5.96. The highest BCUT2D eigenvalue weighted by molar-refractivity contribution is 6.30. The molecule has 1 aliphatic rings. The maximum absolute atomic E-state index is 12.4. The van der Waals surface area contributed by atoms with Crippen LogP contribution in [0.5, 0.6) is 5.75 Å². The van der Waals surface area contributed by atoms with E-state index in [0.717, 1.165) is 37.7 Å². The number of anilines is 2. The number of hydrogen-bond donors (Lipinski definition) is 3. The second kappa shape index (κ2) is 10.3. The van der Waals surface area contributed by atoms with Crippen molar-refractivity contribution < 1.29 is 14.6 Å². The molecule has 1 heterocycles. The van der Waals surface area contributed by atoms with Gasteiger partial charge >= 0.3 is 0 Å². The number of amides is 1. The van der Waals surface area contributed by atoms with E-state index in [1.54, 1.807) is 25.2 Å². The Morgan fingerprint density at radius 2 is 1.86 bits per heavy atom. The van der Waals surface area contributed by atoms with Gasteiger partial charge in [0, 0.05) is 62.6 Å². The van der Waals surface area contributed by atoms with Gasteiger partial charge in [0.25, 0.3) is 5.91 Å². The van der Waals surface area contributed by atoms with Crippen molar-refractivity contribution >= 4 is 28.9 Å². The van der Waals surface area contributed by atoms with E-state index in [1.165, 1.54) is 5.69 Å². The smallest absolute Gasteiger partial charge is 0.251 e. The van der Waals surface area contributed by atoms with Gasteiger partial charge in [-0.1, -0.05) is 11.6 Å². The van der Waals surface area contributed by atoms with Gasteiger partial charge in [-0.3, -0.25) is 9.69 Å². The number of piperazine rings is 1. The van der Waals surface area contributed by atoms with Crippen LogP contribution < -0.4 is 20.3 Å². The van der Waals surface area contributed by atoms with E-state index >= 15 is 0 Å². The van der Waals surface area contributed by atoms with Crippen LogP contribution in [0, 0.1) is 0 Å². The van der Waals surface area contributed by atoms with Gasteiger partial charge in [-0.2, -0.15) is 0 Å². The third-order valence-electron chi connectivity index (χ3n) is 5.01. The van der Waals surface area contributed by atoms with E-state index in [9.17, 15) is 4.79 Å². The fourth-order valence-electron chi connectivity index (χ4n) is 3.37. The molecule has 0 saturated carbocycles. The summed E-state index contributed by atoms with van der Waals surface area (Å²) in [5.74, 6) is 0.288. The molecule has 0 unspecified atom stereocenters. The van der Waals surface area contributed by atoms with Crippen molar-refractivity contribution in [2.45, 2.75) is 0 Å². The zero-order valence-corrected chi connectivity index (χ0v) is 17.3. The molecule has 0 radical (unpaired) electrons. The second-order valence-electron chi connectivity index (χ2n) is 6.80. The number of ether oxygens (including phenoxy) is 1. The maximum Gasteiger partial charge on any atom is 0.251 e. The monoisotopic (exact) mass is 418 g/mol. The standard InChI is InChI=1S/C21H27ClN4O3/c1-23-19-7-2-16(14-20(19)29-15-27)21(28)24-8-9-25-10-12-26(13-11-25)18-5-3-17(22)4-6-18/h2-7,14,23,27H,8-13,15H2,1H3,(H,24,28). The molecule has 0 aromatic heterocycles. The molecular weight excluding hydrogens is 392 g/mol. The zero-order valence-electron chi connectivity index (χ0n) is 16.5. The normalized spacial score (nSPS) is 14.5. The van der Waals surface area contributed by atoms with Crippen LogP contribution in [0.3, 0.4) is 0 Å². The molecule has 29 heavy (non-hydrogen) atoms. The van der Waals surface area contributed by atoms with Gasteiger partial charge in [0.15, 0.2) is 6.79 Å². The zero-order chi connectivity index (χ0) is 20.6. The van der Waals surface area contributed by atoms with E-state index in [0.29, 0.717) is 23.5 Å². The molecule has 1 amide bonds. The number of nitrogens with zero attached hydrogens (tertiary/aromatic N) is 2. The third-order valence-corrected chi connectivity index (χ3v) is 5.26. The van der Waals surface area contributed by atoms with Crippen LogP contribution in [0.2, 0.25) is 5.02 Å².